The normalized spacial score (nSPS) is 11.5. The summed E-state index contributed by atoms with van der Waals surface area (Å²) in [4.78, 5) is 11.1. The van der Waals surface area contributed by atoms with E-state index in [1.54, 1.807) is 24.3 Å². The van der Waals surface area contributed by atoms with Crippen LogP contribution in [0.3, 0.4) is 0 Å². The zero-order valence-corrected chi connectivity index (χ0v) is 7.73. The van der Waals surface area contributed by atoms with Crippen LogP contribution in [0.25, 0.3) is 0 Å². The van der Waals surface area contributed by atoms with Crippen LogP contribution in [-0.2, 0) is 0 Å². The summed E-state index contributed by atoms with van der Waals surface area (Å²) in [6, 6.07) is 6.61. The highest BCUT2D eigenvalue weighted by molar-refractivity contribution is 5.96. The van der Waals surface area contributed by atoms with Crippen LogP contribution in [0.1, 0.15) is 17.3 Å². The molecule has 1 aromatic rings. The van der Waals surface area contributed by atoms with Crippen molar-refractivity contribution in [1.82, 2.24) is 0 Å². The highest BCUT2D eigenvalue weighted by Crippen LogP contribution is 2.19. The Morgan fingerprint density at radius 3 is 2.79 bits per heavy atom. The lowest BCUT2D eigenvalue weighted by molar-refractivity contribution is 0.0326. The first-order valence-electron chi connectivity index (χ1n) is 4.06. The molecule has 1 aromatic carbocycles. The van der Waals surface area contributed by atoms with Gasteiger partial charge in [-0.1, -0.05) is 12.1 Å². The smallest absolute Gasteiger partial charge is 0.262 e. The molecule has 3 nitrogen and oxygen atoms in total. The second kappa shape index (κ2) is 4.45. The number of aliphatic hydroxyl groups excluding tert-OH is 1. The Balaban J connectivity index is 2.97. The molecule has 0 aliphatic carbocycles. The molecule has 0 aromatic heterocycles. The minimum Gasteiger partial charge on any atom is -0.453 e. The maximum atomic E-state index is 11.1. The molecule has 0 saturated carbocycles. The Kier molecular flexibility index (Phi) is 3.27. The Hall–Kier alpha value is -1.79. The lowest BCUT2D eigenvalue weighted by Crippen LogP contribution is -2.14. The third kappa shape index (κ3) is 2.35. The molecule has 14 heavy (non-hydrogen) atoms. The van der Waals surface area contributed by atoms with Crippen molar-refractivity contribution in [3.8, 4) is 18.1 Å². The number of aliphatic hydroxyl groups is 1. The Labute approximate surface area is 82.3 Å². The van der Waals surface area contributed by atoms with E-state index in [9.17, 15) is 4.79 Å². The van der Waals surface area contributed by atoms with Gasteiger partial charge in [0, 0.05) is 0 Å². The molecular weight excluding hydrogens is 180 g/mol. The van der Waals surface area contributed by atoms with E-state index in [4.69, 9.17) is 16.3 Å². The molecule has 1 N–H and O–H groups in total. The Morgan fingerprint density at radius 2 is 2.21 bits per heavy atom. The van der Waals surface area contributed by atoms with E-state index in [1.165, 1.54) is 6.92 Å². The molecule has 1 atom stereocenters. The van der Waals surface area contributed by atoms with Crippen LogP contribution >= 0.6 is 0 Å². The van der Waals surface area contributed by atoms with Crippen molar-refractivity contribution in [2.75, 3.05) is 0 Å². The number of hydrogen-bond donors (Lipinski definition) is 1. The second-order valence-corrected chi connectivity index (χ2v) is 2.69. The van der Waals surface area contributed by atoms with Gasteiger partial charge in [0.05, 0.1) is 5.56 Å². The molecule has 0 aliphatic heterocycles. The highest BCUT2D eigenvalue weighted by atomic mass is 16.6. The van der Waals surface area contributed by atoms with Gasteiger partial charge >= 0.3 is 0 Å². The molecule has 1 unspecified atom stereocenters. The molecule has 1 rings (SSSR count). The van der Waals surface area contributed by atoms with E-state index in [-0.39, 0.29) is 5.78 Å². The van der Waals surface area contributed by atoms with Gasteiger partial charge in [0.1, 0.15) is 5.75 Å². The van der Waals surface area contributed by atoms with E-state index in [0.717, 1.165) is 0 Å². The van der Waals surface area contributed by atoms with Crippen molar-refractivity contribution in [3.05, 3.63) is 29.8 Å². The van der Waals surface area contributed by atoms with Crippen molar-refractivity contribution in [1.29, 1.82) is 0 Å². The number of terminal acetylenes is 1. The third-order valence-corrected chi connectivity index (χ3v) is 1.65. The van der Waals surface area contributed by atoms with Crippen LogP contribution in [0.2, 0.25) is 0 Å². The number of Topliss-reactive ketones (excluding diaryl/α,β-unsaturated/α-hetero) is 1. The van der Waals surface area contributed by atoms with Crippen LogP contribution < -0.4 is 4.74 Å². The summed E-state index contributed by atoms with van der Waals surface area (Å²) in [6.45, 7) is 1.42. The number of ether oxygens (including phenoxy) is 1. The fourth-order valence-electron chi connectivity index (χ4n) is 1.01. The third-order valence-electron chi connectivity index (χ3n) is 1.65. The zero-order valence-electron chi connectivity index (χ0n) is 7.73. The quantitative estimate of drug-likeness (QED) is 0.443. The highest BCUT2D eigenvalue weighted by Gasteiger charge is 2.09. The number of benzene rings is 1. The van der Waals surface area contributed by atoms with Crippen molar-refractivity contribution in [2.45, 2.75) is 13.2 Å². The van der Waals surface area contributed by atoms with Gasteiger partial charge in [-0.15, -0.1) is 6.42 Å². The van der Waals surface area contributed by atoms with Crippen molar-refractivity contribution in [2.24, 2.45) is 0 Å². The first kappa shape index (κ1) is 10.3. The van der Waals surface area contributed by atoms with Gasteiger partial charge in [-0.05, 0) is 25.0 Å². The maximum absolute atomic E-state index is 11.1. The van der Waals surface area contributed by atoms with Crippen molar-refractivity contribution < 1.29 is 14.6 Å². The first-order chi connectivity index (χ1) is 6.65. The largest absolute Gasteiger partial charge is 0.453 e. The number of rotatable bonds is 3. The van der Waals surface area contributed by atoms with Crippen LogP contribution in [0, 0.1) is 12.3 Å². The maximum Gasteiger partial charge on any atom is 0.262 e. The second-order valence-electron chi connectivity index (χ2n) is 2.69. The minimum atomic E-state index is -1.32. The molecule has 72 valence electrons. The monoisotopic (exact) mass is 190 g/mol. The molecule has 0 heterocycles. The van der Waals surface area contributed by atoms with E-state index in [2.05, 4.69) is 0 Å². The fourth-order valence-corrected chi connectivity index (χ4v) is 1.01. The van der Waals surface area contributed by atoms with Crippen LogP contribution in [0.5, 0.6) is 5.75 Å². The Morgan fingerprint density at radius 1 is 1.57 bits per heavy atom. The summed E-state index contributed by atoms with van der Waals surface area (Å²) >= 11 is 0. The molecule has 3 heteroatoms. The average molecular weight is 190 g/mol. The summed E-state index contributed by atoms with van der Waals surface area (Å²) in [6.07, 6.45) is 3.61. The fraction of sp³-hybridized carbons (Fsp3) is 0.182. The Bertz CT molecular complexity index is 376. The molecule has 0 aliphatic rings. The van der Waals surface area contributed by atoms with Gasteiger partial charge in [-0.25, -0.2) is 0 Å². The van der Waals surface area contributed by atoms with Gasteiger partial charge in [-0.3, -0.25) is 4.79 Å². The summed E-state index contributed by atoms with van der Waals surface area (Å²) in [5.41, 5.74) is 0.404. The van der Waals surface area contributed by atoms with E-state index >= 15 is 0 Å². The number of para-hydroxylation sites is 1. The van der Waals surface area contributed by atoms with Gasteiger partial charge in [-0.2, -0.15) is 0 Å². The van der Waals surface area contributed by atoms with Gasteiger partial charge in [0.15, 0.2) is 5.78 Å². The molecule has 0 radical (unpaired) electrons. The van der Waals surface area contributed by atoms with Crippen molar-refractivity contribution >= 4 is 5.78 Å². The van der Waals surface area contributed by atoms with Gasteiger partial charge in [0.25, 0.3) is 6.29 Å². The molecule has 0 saturated heterocycles. The van der Waals surface area contributed by atoms with Crippen LogP contribution in [0.4, 0.5) is 0 Å². The first-order valence-corrected chi connectivity index (χ1v) is 4.06. The summed E-state index contributed by atoms with van der Waals surface area (Å²) in [7, 11) is 0. The molecule has 0 spiro atoms. The SMILES string of the molecule is C#CC(O)Oc1ccccc1C(C)=O. The van der Waals surface area contributed by atoms with E-state index in [1.807, 2.05) is 5.92 Å². The topological polar surface area (TPSA) is 46.5 Å². The van der Waals surface area contributed by atoms with Gasteiger partial charge in [0.2, 0.25) is 0 Å². The van der Waals surface area contributed by atoms with Crippen LogP contribution in [-0.4, -0.2) is 17.2 Å². The molecular formula is C11H10O3. The number of ketones is 1. The average Bonchev–Trinajstić information content (AvgIpc) is 2.18. The lowest BCUT2D eigenvalue weighted by atomic mass is 10.1. The number of hydrogen-bond acceptors (Lipinski definition) is 3. The van der Waals surface area contributed by atoms with E-state index < -0.39 is 6.29 Å². The summed E-state index contributed by atoms with van der Waals surface area (Å²) in [5, 5.41) is 9.05. The number of carbonyl (C=O) groups is 1. The van der Waals surface area contributed by atoms with Gasteiger partial charge < -0.3 is 9.84 Å². The van der Waals surface area contributed by atoms with Crippen molar-refractivity contribution in [3.63, 3.8) is 0 Å². The van der Waals surface area contributed by atoms with Crippen LogP contribution in [0.15, 0.2) is 24.3 Å². The molecule has 0 bridgehead atoms. The predicted octanol–water partition coefficient (Wildman–Crippen LogP) is 1.22. The van der Waals surface area contributed by atoms with E-state index in [0.29, 0.717) is 11.3 Å². The summed E-state index contributed by atoms with van der Waals surface area (Å²) < 4.78 is 4.95. The molecule has 0 fully saturated rings. The molecule has 0 amide bonds. The number of carbonyl (C=O) groups excluding carboxylic acids is 1. The summed E-state index contributed by atoms with van der Waals surface area (Å²) in [5.74, 6) is 2.16. The lowest BCUT2D eigenvalue weighted by Gasteiger charge is -2.10. The standard InChI is InChI=1S/C11H10O3/c1-3-11(13)14-10-7-5-4-6-9(10)8(2)12/h1,4-7,11,13H,2H3. The zero-order chi connectivity index (χ0) is 10.6. The predicted molar refractivity (Wildman–Crippen MR) is 51.9 cm³/mol. The minimum absolute atomic E-state index is 0.134.